The normalized spacial score (nSPS) is 31.6. The largest absolute Gasteiger partial charge is 0.477 e. The van der Waals surface area contributed by atoms with E-state index in [4.69, 9.17) is 10.5 Å². The number of aryl methyl sites for hydroxylation is 1. The van der Waals surface area contributed by atoms with Crippen LogP contribution in [0.15, 0.2) is 18.2 Å². The highest BCUT2D eigenvalue weighted by molar-refractivity contribution is 5.15. The quantitative estimate of drug-likeness (QED) is 0.714. The Kier molecular flexibility index (Phi) is 3.85. The van der Waals surface area contributed by atoms with Gasteiger partial charge in [-0.2, -0.15) is 0 Å². The number of hydrogen-bond acceptors (Lipinski definition) is 5. The van der Waals surface area contributed by atoms with Gasteiger partial charge >= 0.3 is 0 Å². The molecule has 5 heteroatoms. The summed E-state index contributed by atoms with van der Waals surface area (Å²) in [4.78, 5) is 4.25. The monoisotopic (exact) mass is 252 g/mol. The lowest BCUT2D eigenvalue weighted by molar-refractivity contribution is 0.0438. The number of hydrogen-bond donors (Lipinski definition) is 3. The van der Waals surface area contributed by atoms with Crippen molar-refractivity contribution in [2.75, 3.05) is 13.2 Å². The van der Waals surface area contributed by atoms with E-state index < -0.39 is 12.2 Å². The molecule has 1 saturated carbocycles. The van der Waals surface area contributed by atoms with Crippen molar-refractivity contribution in [3.8, 4) is 5.88 Å². The van der Waals surface area contributed by atoms with Crippen LogP contribution < -0.4 is 10.5 Å². The molecule has 1 aliphatic rings. The van der Waals surface area contributed by atoms with E-state index in [1.165, 1.54) is 0 Å². The van der Waals surface area contributed by atoms with Crippen LogP contribution in [0.3, 0.4) is 0 Å². The third kappa shape index (κ3) is 2.80. The summed E-state index contributed by atoms with van der Waals surface area (Å²) >= 11 is 0. The molecular formula is C13H20N2O3. The van der Waals surface area contributed by atoms with Crippen LogP contribution in [0.4, 0.5) is 0 Å². The molecule has 1 aromatic heterocycles. The summed E-state index contributed by atoms with van der Waals surface area (Å²) in [5.41, 5.74) is 6.30. The zero-order valence-electron chi connectivity index (χ0n) is 10.5. The van der Waals surface area contributed by atoms with E-state index >= 15 is 0 Å². The van der Waals surface area contributed by atoms with Crippen LogP contribution in [0.5, 0.6) is 5.88 Å². The van der Waals surface area contributed by atoms with E-state index in [0.717, 1.165) is 5.69 Å². The van der Waals surface area contributed by atoms with Crippen molar-refractivity contribution in [2.24, 2.45) is 11.1 Å². The van der Waals surface area contributed by atoms with Gasteiger partial charge in [0.2, 0.25) is 5.88 Å². The number of nitrogens with zero attached hydrogens (tertiary/aromatic N) is 1. The molecule has 0 bridgehead atoms. The van der Waals surface area contributed by atoms with E-state index in [9.17, 15) is 10.2 Å². The van der Waals surface area contributed by atoms with Crippen molar-refractivity contribution < 1.29 is 14.9 Å². The van der Waals surface area contributed by atoms with Gasteiger partial charge in [-0.15, -0.1) is 0 Å². The van der Waals surface area contributed by atoms with Crippen molar-refractivity contribution in [2.45, 2.75) is 32.0 Å². The fraction of sp³-hybridized carbons (Fsp3) is 0.615. The zero-order valence-corrected chi connectivity index (χ0v) is 10.5. The molecule has 100 valence electrons. The lowest BCUT2D eigenvalue weighted by atomic mass is 9.87. The number of pyridine rings is 1. The molecule has 4 N–H and O–H groups in total. The highest BCUT2D eigenvalue weighted by atomic mass is 16.5. The summed E-state index contributed by atoms with van der Waals surface area (Å²) in [7, 11) is 0. The van der Waals surface area contributed by atoms with Crippen LogP contribution in [0, 0.1) is 12.3 Å². The van der Waals surface area contributed by atoms with Crippen LogP contribution in [0.1, 0.15) is 18.5 Å². The second-order valence-corrected chi connectivity index (χ2v) is 5.15. The van der Waals surface area contributed by atoms with E-state index in [0.29, 0.717) is 31.9 Å². The Labute approximate surface area is 107 Å². The van der Waals surface area contributed by atoms with E-state index in [1.54, 1.807) is 6.07 Å². The van der Waals surface area contributed by atoms with E-state index in [1.807, 2.05) is 19.1 Å². The van der Waals surface area contributed by atoms with Crippen LogP contribution in [-0.2, 0) is 0 Å². The summed E-state index contributed by atoms with van der Waals surface area (Å²) < 4.78 is 5.65. The second kappa shape index (κ2) is 5.22. The van der Waals surface area contributed by atoms with Crippen molar-refractivity contribution in [3.05, 3.63) is 23.9 Å². The number of nitrogens with two attached hydrogens (primary N) is 1. The Morgan fingerprint density at radius 2 is 2.06 bits per heavy atom. The van der Waals surface area contributed by atoms with Gasteiger partial charge in [0, 0.05) is 23.7 Å². The predicted octanol–water partition coefficient (Wildman–Crippen LogP) is 0.230. The van der Waals surface area contributed by atoms with Crippen LogP contribution in [0.2, 0.25) is 0 Å². The molecule has 2 unspecified atom stereocenters. The van der Waals surface area contributed by atoms with Crippen LogP contribution in [0.25, 0.3) is 0 Å². The van der Waals surface area contributed by atoms with E-state index in [2.05, 4.69) is 4.98 Å². The Bertz CT molecular complexity index is 401. The molecule has 0 amide bonds. The number of ether oxygens (including phenoxy) is 1. The Hall–Kier alpha value is -1.17. The molecule has 2 rings (SSSR count). The third-order valence-corrected chi connectivity index (χ3v) is 3.55. The first-order chi connectivity index (χ1) is 8.54. The number of aromatic nitrogens is 1. The summed E-state index contributed by atoms with van der Waals surface area (Å²) in [6, 6.07) is 5.57. The minimum absolute atomic E-state index is 0.357. The summed E-state index contributed by atoms with van der Waals surface area (Å²) in [6.07, 6.45) is -0.474. The van der Waals surface area contributed by atoms with Crippen molar-refractivity contribution in [1.82, 2.24) is 4.98 Å². The first-order valence-electron chi connectivity index (χ1n) is 6.17. The lowest BCUT2D eigenvalue weighted by Crippen LogP contribution is -2.35. The number of rotatable bonds is 4. The molecule has 0 aliphatic heterocycles. The molecule has 1 aromatic rings. The maximum absolute atomic E-state index is 9.63. The molecule has 2 atom stereocenters. The second-order valence-electron chi connectivity index (χ2n) is 5.15. The highest BCUT2D eigenvalue weighted by Gasteiger charge is 2.43. The molecule has 0 spiro atoms. The first kappa shape index (κ1) is 13.3. The van der Waals surface area contributed by atoms with Crippen LogP contribution in [-0.4, -0.2) is 40.6 Å². The van der Waals surface area contributed by atoms with Gasteiger partial charge in [-0.3, -0.25) is 0 Å². The average Bonchev–Trinajstić information content (AvgIpc) is 2.64. The summed E-state index contributed by atoms with van der Waals surface area (Å²) in [5, 5.41) is 19.3. The van der Waals surface area contributed by atoms with Gasteiger partial charge in [0.05, 0.1) is 18.8 Å². The lowest BCUT2D eigenvalue weighted by Gasteiger charge is -2.26. The van der Waals surface area contributed by atoms with Gasteiger partial charge in [-0.1, -0.05) is 6.07 Å². The molecule has 0 saturated heterocycles. The summed E-state index contributed by atoms with van der Waals surface area (Å²) in [6.45, 7) is 2.65. The SMILES string of the molecule is Cc1cccc(OCC2(CN)CC(O)C(O)C2)n1. The zero-order chi connectivity index (χ0) is 13.2. The van der Waals surface area contributed by atoms with Gasteiger partial charge < -0.3 is 20.7 Å². The highest BCUT2D eigenvalue weighted by Crippen LogP contribution is 2.38. The van der Waals surface area contributed by atoms with Crippen molar-refractivity contribution in [1.29, 1.82) is 0 Å². The van der Waals surface area contributed by atoms with Crippen molar-refractivity contribution in [3.63, 3.8) is 0 Å². The molecule has 1 fully saturated rings. The summed E-state index contributed by atoms with van der Waals surface area (Å²) in [5.74, 6) is 0.554. The topological polar surface area (TPSA) is 88.6 Å². The average molecular weight is 252 g/mol. The molecule has 0 aromatic carbocycles. The van der Waals surface area contributed by atoms with E-state index in [-0.39, 0.29) is 5.41 Å². The fourth-order valence-corrected chi connectivity index (χ4v) is 2.41. The smallest absolute Gasteiger partial charge is 0.213 e. The van der Waals surface area contributed by atoms with Crippen LogP contribution >= 0.6 is 0 Å². The number of aliphatic hydroxyl groups is 2. The molecular weight excluding hydrogens is 232 g/mol. The molecule has 0 radical (unpaired) electrons. The number of aliphatic hydroxyl groups excluding tert-OH is 2. The Morgan fingerprint density at radius 1 is 1.39 bits per heavy atom. The van der Waals surface area contributed by atoms with Gasteiger partial charge in [0.25, 0.3) is 0 Å². The Morgan fingerprint density at radius 3 is 2.61 bits per heavy atom. The van der Waals surface area contributed by atoms with Gasteiger partial charge in [-0.05, 0) is 25.8 Å². The molecule has 18 heavy (non-hydrogen) atoms. The predicted molar refractivity (Wildman–Crippen MR) is 67.2 cm³/mol. The maximum Gasteiger partial charge on any atom is 0.213 e. The standard InChI is InChI=1S/C13H20N2O3/c1-9-3-2-4-12(15-9)18-8-13(7-14)5-10(16)11(17)6-13/h2-4,10-11,16-17H,5-8,14H2,1H3. The van der Waals surface area contributed by atoms with Gasteiger partial charge in [0.15, 0.2) is 0 Å². The molecule has 1 heterocycles. The Balaban J connectivity index is 2.00. The molecule has 1 aliphatic carbocycles. The first-order valence-corrected chi connectivity index (χ1v) is 6.17. The van der Waals surface area contributed by atoms with Gasteiger partial charge in [0.1, 0.15) is 0 Å². The minimum Gasteiger partial charge on any atom is -0.477 e. The van der Waals surface area contributed by atoms with Crippen molar-refractivity contribution >= 4 is 0 Å². The minimum atomic E-state index is -0.706. The molecule has 5 nitrogen and oxygen atoms in total. The third-order valence-electron chi connectivity index (χ3n) is 3.55. The fourth-order valence-electron chi connectivity index (χ4n) is 2.41. The van der Waals surface area contributed by atoms with Gasteiger partial charge in [-0.25, -0.2) is 4.98 Å². The maximum atomic E-state index is 9.63.